The number of carbonyl (C=O) groups excluding carboxylic acids is 1. The maximum atomic E-state index is 12.5. The van der Waals surface area contributed by atoms with E-state index in [2.05, 4.69) is 5.32 Å². The van der Waals surface area contributed by atoms with E-state index in [0.717, 1.165) is 39.6 Å². The molecule has 182 valence electrons. The Morgan fingerprint density at radius 2 is 1.88 bits per heavy atom. The van der Waals surface area contributed by atoms with Gasteiger partial charge in [0, 0.05) is 53.5 Å². The molecule has 0 saturated heterocycles. The van der Waals surface area contributed by atoms with Crippen LogP contribution in [0.1, 0.15) is 31.4 Å². The largest absolute Gasteiger partial charge is 0.497 e. The second-order valence-corrected chi connectivity index (χ2v) is 7.84. The Kier molecular flexibility index (Phi) is 8.60. The highest BCUT2D eigenvalue weighted by Gasteiger charge is 2.20. The van der Waals surface area contributed by atoms with E-state index in [-0.39, 0.29) is 5.91 Å². The summed E-state index contributed by atoms with van der Waals surface area (Å²) in [6, 6.07) is 7.63. The molecule has 7 heteroatoms. The molecule has 0 unspecified atom stereocenters. The Labute approximate surface area is 200 Å². The van der Waals surface area contributed by atoms with Crippen LogP contribution in [0.25, 0.3) is 27.7 Å². The first-order valence-electron chi connectivity index (χ1n) is 11.3. The number of hydrogen-bond acceptors (Lipinski definition) is 6. The van der Waals surface area contributed by atoms with E-state index in [4.69, 9.17) is 23.4 Å². The predicted molar refractivity (Wildman–Crippen MR) is 134 cm³/mol. The number of ether oxygens (including phenoxy) is 4. The smallest absolute Gasteiger partial charge is 0.244 e. The molecule has 0 saturated carbocycles. The van der Waals surface area contributed by atoms with Crippen molar-refractivity contribution in [3.8, 4) is 28.4 Å². The summed E-state index contributed by atoms with van der Waals surface area (Å²) in [6.45, 7) is 7.65. The Morgan fingerprint density at radius 1 is 1.09 bits per heavy atom. The number of nitrogens with one attached hydrogen (secondary N) is 1. The Bertz CT molecular complexity index is 1180. The molecule has 1 aromatic heterocycles. The van der Waals surface area contributed by atoms with Crippen molar-refractivity contribution < 1.29 is 28.2 Å². The van der Waals surface area contributed by atoms with Gasteiger partial charge in [-0.15, -0.1) is 0 Å². The van der Waals surface area contributed by atoms with Crippen molar-refractivity contribution in [3.05, 3.63) is 47.7 Å². The van der Waals surface area contributed by atoms with E-state index in [1.807, 2.05) is 45.0 Å². The zero-order valence-corrected chi connectivity index (χ0v) is 20.7. The number of furan rings is 1. The fourth-order valence-corrected chi connectivity index (χ4v) is 3.96. The lowest BCUT2D eigenvalue weighted by atomic mass is 9.96. The molecule has 0 radical (unpaired) electrons. The molecular formula is C27H33NO6. The molecule has 0 aliphatic carbocycles. The number of carbonyl (C=O) groups is 1. The number of fused-ring (bicyclic) bond motifs is 1. The summed E-state index contributed by atoms with van der Waals surface area (Å²) in [5, 5.41) is 3.80. The number of hydrogen-bond donors (Lipinski definition) is 1. The highest BCUT2D eigenvalue weighted by Crippen LogP contribution is 2.43. The van der Waals surface area contributed by atoms with Gasteiger partial charge in [0.25, 0.3) is 0 Å². The molecule has 0 bridgehead atoms. The quantitative estimate of drug-likeness (QED) is 0.301. The van der Waals surface area contributed by atoms with Crippen molar-refractivity contribution in [2.24, 2.45) is 0 Å². The average molecular weight is 468 g/mol. The molecule has 0 spiro atoms. The van der Waals surface area contributed by atoms with E-state index in [0.29, 0.717) is 42.6 Å². The van der Waals surface area contributed by atoms with Gasteiger partial charge < -0.3 is 28.7 Å². The third-order valence-corrected chi connectivity index (χ3v) is 5.69. The van der Waals surface area contributed by atoms with Crippen LogP contribution in [0.3, 0.4) is 0 Å². The molecular weight excluding hydrogens is 434 g/mol. The number of allylic oxidation sites excluding steroid dienone is 1. The minimum absolute atomic E-state index is 0.157. The van der Waals surface area contributed by atoms with Crippen LogP contribution in [0.15, 0.2) is 41.0 Å². The molecule has 0 atom stereocenters. The zero-order chi connectivity index (χ0) is 24.7. The Morgan fingerprint density at radius 3 is 2.56 bits per heavy atom. The SMILES string of the molecule is CCOCCCNC(=O)/C=C(\C)c1cc2c(-c3cc(OC)ccc3OC)coc2c(C)c1OC. The molecule has 34 heavy (non-hydrogen) atoms. The van der Waals surface area contributed by atoms with Crippen LogP contribution >= 0.6 is 0 Å². The number of aryl methyl sites for hydroxylation is 1. The van der Waals surface area contributed by atoms with Crippen LogP contribution in [0, 0.1) is 6.92 Å². The Hall–Kier alpha value is -3.45. The minimum atomic E-state index is -0.157. The van der Waals surface area contributed by atoms with Gasteiger partial charge in [0.15, 0.2) is 0 Å². The molecule has 3 aromatic rings. The van der Waals surface area contributed by atoms with Crippen LogP contribution in [0.5, 0.6) is 17.2 Å². The van der Waals surface area contributed by atoms with Gasteiger partial charge in [-0.05, 0) is 57.0 Å². The number of rotatable bonds is 11. The molecule has 1 amide bonds. The molecule has 2 aromatic carbocycles. The topological polar surface area (TPSA) is 79.2 Å². The summed E-state index contributed by atoms with van der Waals surface area (Å²) < 4.78 is 28.0. The summed E-state index contributed by atoms with van der Waals surface area (Å²) in [4.78, 5) is 12.5. The standard InChI is InChI=1S/C27H33NO6/c1-7-33-12-8-11-28-25(29)13-17(2)20-15-22-23(16-34-27(22)18(3)26(20)32-6)21-14-19(30-4)9-10-24(21)31-5/h9-10,13-16H,7-8,11-12H2,1-6H3,(H,28,29)/b17-13+. The van der Waals surface area contributed by atoms with Gasteiger partial charge in [-0.3, -0.25) is 4.79 Å². The lowest BCUT2D eigenvalue weighted by Crippen LogP contribution is -2.23. The molecule has 3 rings (SSSR count). The van der Waals surface area contributed by atoms with Gasteiger partial charge in [0.2, 0.25) is 5.91 Å². The number of benzene rings is 2. The second kappa shape index (κ2) is 11.6. The van der Waals surface area contributed by atoms with E-state index < -0.39 is 0 Å². The predicted octanol–water partition coefficient (Wildman–Crippen LogP) is 5.38. The van der Waals surface area contributed by atoms with Crippen molar-refractivity contribution in [2.45, 2.75) is 27.2 Å². The molecule has 1 heterocycles. The number of methoxy groups -OCH3 is 3. The van der Waals surface area contributed by atoms with Gasteiger partial charge in [0.1, 0.15) is 22.8 Å². The maximum Gasteiger partial charge on any atom is 0.244 e. The normalized spacial score (nSPS) is 11.5. The first-order chi connectivity index (χ1) is 16.4. The highest BCUT2D eigenvalue weighted by atomic mass is 16.5. The van der Waals surface area contributed by atoms with Crippen molar-refractivity contribution >= 4 is 22.4 Å². The highest BCUT2D eigenvalue weighted by molar-refractivity contribution is 6.02. The lowest BCUT2D eigenvalue weighted by molar-refractivity contribution is -0.116. The van der Waals surface area contributed by atoms with E-state index in [9.17, 15) is 4.79 Å². The molecule has 0 aliphatic heterocycles. The third kappa shape index (κ3) is 5.37. The molecule has 0 aliphatic rings. The van der Waals surface area contributed by atoms with Gasteiger partial charge in [-0.25, -0.2) is 0 Å². The fraction of sp³-hybridized carbons (Fsp3) is 0.370. The van der Waals surface area contributed by atoms with Crippen molar-refractivity contribution in [1.29, 1.82) is 0 Å². The van der Waals surface area contributed by atoms with Gasteiger partial charge in [-0.2, -0.15) is 0 Å². The first-order valence-corrected chi connectivity index (χ1v) is 11.3. The van der Waals surface area contributed by atoms with Gasteiger partial charge >= 0.3 is 0 Å². The van der Waals surface area contributed by atoms with Crippen LogP contribution < -0.4 is 19.5 Å². The van der Waals surface area contributed by atoms with E-state index in [1.54, 1.807) is 33.7 Å². The summed E-state index contributed by atoms with van der Waals surface area (Å²) in [6.07, 6.45) is 4.07. The lowest BCUT2D eigenvalue weighted by Gasteiger charge is -2.14. The molecule has 7 nitrogen and oxygen atoms in total. The van der Waals surface area contributed by atoms with Crippen molar-refractivity contribution in [3.63, 3.8) is 0 Å². The van der Waals surface area contributed by atoms with Crippen LogP contribution in [0.4, 0.5) is 0 Å². The zero-order valence-electron chi connectivity index (χ0n) is 20.7. The average Bonchev–Trinajstić information content (AvgIpc) is 3.27. The maximum absolute atomic E-state index is 12.5. The van der Waals surface area contributed by atoms with Crippen LogP contribution in [-0.4, -0.2) is 47.0 Å². The fourth-order valence-electron chi connectivity index (χ4n) is 3.96. The first kappa shape index (κ1) is 25.2. The van der Waals surface area contributed by atoms with Crippen LogP contribution in [0.2, 0.25) is 0 Å². The number of amides is 1. The van der Waals surface area contributed by atoms with Crippen LogP contribution in [-0.2, 0) is 9.53 Å². The molecule has 0 fully saturated rings. The Balaban J connectivity index is 2.03. The van der Waals surface area contributed by atoms with Crippen molar-refractivity contribution in [1.82, 2.24) is 5.32 Å². The monoisotopic (exact) mass is 467 g/mol. The van der Waals surface area contributed by atoms with E-state index in [1.165, 1.54) is 0 Å². The van der Waals surface area contributed by atoms with Crippen molar-refractivity contribution in [2.75, 3.05) is 41.1 Å². The second-order valence-electron chi connectivity index (χ2n) is 7.84. The van der Waals surface area contributed by atoms with Gasteiger partial charge in [0.05, 0.1) is 27.6 Å². The molecule has 1 N–H and O–H groups in total. The summed E-state index contributed by atoms with van der Waals surface area (Å²) in [7, 11) is 4.88. The summed E-state index contributed by atoms with van der Waals surface area (Å²) in [5.74, 6) is 1.93. The van der Waals surface area contributed by atoms with Gasteiger partial charge in [-0.1, -0.05) is 0 Å². The minimum Gasteiger partial charge on any atom is -0.497 e. The summed E-state index contributed by atoms with van der Waals surface area (Å²) in [5.41, 5.74) is 4.90. The van der Waals surface area contributed by atoms with E-state index >= 15 is 0 Å². The summed E-state index contributed by atoms with van der Waals surface area (Å²) >= 11 is 0. The third-order valence-electron chi connectivity index (χ3n) is 5.69.